The van der Waals surface area contributed by atoms with Crippen molar-refractivity contribution in [3.05, 3.63) is 62.8 Å². The highest BCUT2D eigenvalue weighted by atomic mass is 14.6. The van der Waals surface area contributed by atoms with Crippen molar-refractivity contribution in [2.75, 3.05) is 0 Å². The lowest BCUT2D eigenvalue weighted by atomic mass is 9.55. The smallest absolute Gasteiger partial charge is 0.0270 e. The van der Waals surface area contributed by atoms with Gasteiger partial charge in [0.15, 0.2) is 0 Å². The van der Waals surface area contributed by atoms with E-state index in [4.69, 9.17) is 0 Å². The Morgan fingerprint density at radius 3 is 2.07 bits per heavy atom. The molecule has 27 heavy (non-hydrogen) atoms. The Morgan fingerprint density at radius 2 is 1.48 bits per heavy atom. The van der Waals surface area contributed by atoms with E-state index in [9.17, 15) is 0 Å². The average Bonchev–Trinajstić information content (AvgIpc) is 3.12. The van der Waals surface area contributed by atoms with E-state index in [0.717, 1.165) is 0 Å². The van der Waals surface area contributed by atoms with Crippen LogP contribution >= 0.6 is 0 Å². The highest BCUT2D eigenvalue weighted by Crippen LogP contribution is 2.62. The number of aryl methyl sites for hydroxylation is 2. The van der Waals surface area contributed by atoms with Crippen LogP contribution in [0.1, 0.15) is 95.9 Å². The lowest BCUT2D eigenvalue weighted by Gasteiger charge is -2.48. The van der Waals surface area contributed by atoms with Crippen molar-refractivity contribution in [3.8, 4) is 0 Å². The quantitative estimate of drug-likeness (QED) is 0.515. The van der Waals surface area contributed by atoms with Gasteiger partial charge in [-0.15, -0.1) is 0 Å². The number of fused-ring (bicyclic) bond motifs is 2. The van der Waals surface area contributed by atoms with Crippen LogP contribution in [0.2, 0.25) is 0 Å². The summed E-state index contributed by atoms with van der Waals surface area (Å²) in [6, 6.07) is 5.15. The second kappa shape index (κ2) is 6.50. The van der Waals surface area contributed by atoms with Crippen molar-refractivity contribution >= 4 is 6.08 Å². The van der Waals surface area contributed by atoms with Gasteiger partial charge in [-0.1, -0.05) is 62.1 Å². The van der Waals surface area contributed by atoms with Gasteiger partial charge in [0.05, 0.1) is 0 Å². The van der Waals surface area contributed by atoms with Crippen LogP contribution in [0.15, 0.2) is 40.5 Å². The monoisotopic (exact) mass is 360 g/mol. The Kier molecular flexibility index (Phi) is 4.53. The molecule has 144 valence electrons. The molecule has 1 unspecified atom stereocenters. The largest absolute Gasteiger partial charge is 0.0721 e. The zero-order valence-electron chi connectivity index (χ0n) is 18.3. The molecule has 0 saturated carbocycles. The predicted octanol–water partition coefficient (Wildman–Crippen LogP) is 7.71. The number of hydrogen-bond acceptors (Lipinski definition) is 0. The molecule has 1 atom stereocenters. The Hall–Kier alpha value is -1.56. The van der Waals surface area contributed by atoms with Crippen molar-refractivity contribution in [1.82, 2.24) is 0 Å². The normalized spacial score (nSPS) is 26.0. The van der Waals surface area contributed by atoms with E-state index in [1.165, 1.54) is 61.7 Å². The predicted molar refractivity (Wildman–Crippen MR) is 118 cm³/mol. The number of allylic oxidation sites excluding steroid dienone is 5. The van der Waals surface area contributed by atoms with Crippen molar-refractivity contribution in [1.29, 1.82) is 0 Å². The van der Waals surface area contributed by atoms with Crippen molar-refractivity contribution in [2.45, 2.75) is 91.9 Å². The van der Waals surface area contributed by atoms with Gasteiger partial charge in [0.1, 0.15) is 0 Å². The third kappa shape index (κ3) is 2.41. The van der Waals surface area contributed by atoms with Gasteiger partial charge in [0.25, 0.3) is 0 Å². The summed E-state index contributed by atoms with van der Waals surface area (Å²) in [6.07, 6.45) is 14.1. The van der Waals surface area contributed by atoms with Gasteiger partial charge in [-0.05, 0) is 93.2 Å². The lowest BCUT2D eigenvalue weighted by Crippen LogP contribution is -2.43. The van der Waals surface area contributed by atoms with Crippen LogP contribution in [0.5, 0.6) is 0 Å². The summed E-state index contributed by atoms with van der Waals surface area (Å²) in [4.78, 5) is 0. The van der Waals surface area contributed by atoms with Crippen molar-refractivity contribution < 1.29 is 0 Å². The SMILES string of the molecule is CCCCC1(C2(C)C(C)=C(C)C(C)=C2C)C=Cc2cc3c(cc21)CCCC3. The Morgan fingerprint density at radius 1 is 0.889 bits per heavy atom. The van der Waals surface area contributed by atoms with Gasteiger partial charge < -0.3 is 0 Å². The third-order valence-corrected chi connectivity index (χ3v) is 8.55. The van der Waals surface area contributed by atoms with E-state index in [1.807, 2.05) is 0 Å². The van der Waals surface area contributed by atoms with Gasteiger partial charge in [0.2, 0.25) is 0 Å². The van der Waals surface area contributed by atoms with Gasteiger partial charge >= 0.3 is 0 Å². The molecule has 0 nitrogen and oxygen atoms in total. The Bertz CT molecular complexity index is 850. The molecule has 1 aromatic rings. The molecule has 0 amide bonds. The van der Waals surface area contributed by atoms with E-state index in [-0.39, 0.29) is 10.8 Å². The summed E-state index contributed by atoms with van der Waals surface area (Å²) in [7, 11) is 0. The van der Waals surface area contributed by atoms with Gasteiger partial charge in [-0.25, -0.2) is 0 Å². The van der Waals surface area contributed by atoms with Crippen LogP contribution in [0, 0.1) is 5.41 Å². The summed E-state index contributed by atoms with van der Waals surface area (Å²) in [5, 5.41) is 0. The molecule has 0 heterocycles. The van der Waals surface area contributed by atoms with E-state index in [0.29, 0.717) is 0 Å². The maximum absolute atomic E-state index is 2.62. The zero-order valence-corrected chi connectivity index (χ0v) is 18.3. The molecular weight excluding hydrogens is 324 g/mol. The number of unbranched alkanes of at least 4 members (excludes halogenated alkanes) is 1. The molecule has 3 aliphatic rings. The van der Waals surface area contributed by atoms with E-state index in [2.05, 4.69) is 65.8 Å². The summed E-state index contributed by atoms with van der Waals surface area (Å²) in [6.45, 7) is 14.3. The minimum atomic E-state index is 0.0982. The first-order valence-electron chi connectivity index (χ1n) is 11.1. The molecule has 0 fully saturated rings. The standard InChI is InChI=1S/C27H36/c1-7-8-14-27(26(6)20(4)18(2)19(3)21(26)5)15-13-24-16-22-11-9-10-12-23(22)17-25(24)27/h13,15-17H,7-12,14H2,1-6H3. The summed E-state index contributed by atoms with van der Waals surface area (Å²) in [5.41, 5.74) is 12.8. The van der Waals surface area contributed by atoms with Crippen LogP contribution in [-0.2, 0) is 18.3 Å². The van der Waals surface area contributed by atoms with Crippen LogP contribution < -0.4 is 0 Å². The van der Waals surface area contributed by atoms with Crippen molar-refractivity contribution in [3.63, 3.8) is 0 Å². The second-order valence-corrected chi connectivity index (χ2v) is 9.45. The fraction of sp³-hybridized carbons (Fsp3) is 0.556. The molecule has 4 rings (SSSR count). The fourth-order valence-corrected chi connectivity index (χ4v) is 6.27. The molecule has 0 bridgehead atoms. The van der Waals surface area contributed by atoms with Crippen LogP contribution in [0.4, 0.5) is 0 Å². The third-order valence-electron chi connectivity index (χ3n) is 8.55. The highest BCUT2D eigenvalue weighted by molar-refractivity contribution is 5.71. The highest BCUT2D eigenvalue weighted by Gasteiger charge is 2.54. The minimum Gasteiger partial charge on any atom is -0.0721 e. The van der Waals surface area contributed by atoms with Crippen molar-refractivity contribution in [2.24, 2.45) is 5.41 Å². The molecule has 0 spiro atoms. The lowest BCUT2D eigenvalue weighted by molar-refractivity contribution is 0.267. The molecule has 0 aliphatic heterocycles. The van der Waals surface area contributed by atoms with Gasteiger partial charge in [0, 0.05) is 10.8 Å². The maximum Gasteiger partial charge on any atom is 0.0270 e. The second-order valence-electron chi connectivity index (χ2n) is 9.45. The molecule has 0 radical (unpaired) electrons. The molecule has 1 aromatic carbocycles. The first-order valence-corrected chi connectivity index (χ1v) is 11.1. The topological polar surface area (TPSA) is 0 Å². The van der Waals surface area contributed by atoms with Gasteiger partial charge in [-0.2, -0.15) is 0 Å². The molecule has 0 heteroatoms. The fourth-order valence-electron chi connectivity index (χ4n) is 6.27. The number of rotatable bonds is 4. The molecule has 3 aliphatic carbocycles. The van der Waals surface area contributed by atoms with Crippen LogP contribution in [-0.4, -0.2) is 0 Å². The van der Waals surface area contributed by atoms with E-state index < -0.39 is 0 Å². The number of hydrogen-bond donors (Lipinski definition) is 0. The van der Waals surface area contributed by atoms with E-state index >= 15 is 0 Å². The van der Waals surface area contributed by atoms with Crippen LogP contribution in [0.25, 0.3) is 6.08 Å². The summed E-state index contributed by atoms with van der Waals surface area (Å²) in [5.74, 6) is 0. The van der Waals surface area contributed by atoms with Crippen LogP contribution in [0.3, 0.4) is 0 Å². The Labute approximate surface area is 166 Å². The summed E-state index contributed by atoms with van der Waals surface area (Å²) >= 11 is 0. The van der Waals surface area contributed by atoms with Gasteiger partial charge in [-0.3, -0.25) is 0 Å². The minimum absolute atomic E-state index is 0.0982. The van der Waals surface area contributed by atoms with E-state index in [1.54, 1.807) is 27.8 Å². The zero-order chi connectivity index (χ0) is 19.4. The first kappa shape index (κ1) is 18.8. The average molecular weight is 361 g/mol. The molecule has 0 saturated heterocycles. The molecule has 0 aromatic heterocycles. The molecular formula is C27H36. The summed E-state index contributed by atoms with van der Waals surface area (Å²) < 4.78 is 0. The first-order chi connectivity index (χ1) is 12.9. The Balaban J connectivity index is 1.95. The maximum atomic E-state index is 2.62. The molecule has 0 N–H and O–H groups in total. The number of benzene rings is 1.